The van der Waals surface area contributed by atoms with E-state index < -0.39 is 0 Å². The average Bonchev–Trinajstić information content (AvgIpc) is 2.62. The van der Waals surface area contributed by atoms with Gasteiger partial charge in [0.15, 0.2) is 0 Å². The van der Waals surface area contributed by atoms with E-state index in [4.69, 9.17) is 0 Å². The first-order chi connectivity index (χ1) is 12.0. The quantitative estimate of drug-likeness (QED) is 0.903. The van der Waals surface area contributed by atoms with Crippen molar-refractivity contribution < 1.29 is 4.79 Å². The lowest BCUT2D eigenvalue weighted by atomic mass is 10.1. The van der Waals surface area contributed by atoms with Crippen LogP contribution in [0.3, 0.4) is 0 Å². The summed E-state index contributed by atoms with van der Waals surface area (Å²) in [4.78, 5) is 17.0. The van der Waals surface area contributed by atoms with Gasteiger partial charge in [-0.05, 0) is 74.2 Å². The molecule has 0 bridgehead atoms. The van der Waals surface area contributed by atoms with Gasteiger partial charge in [0.25, 0.3) is 5.91 Å². The Bertz CT molecular complexity index is 731. The molecule has 25 heavy (non-hydrogen) atoms. The van der Waals surface area contributed by atoms with E-state index in [1.165, 1.54) is 24.9 Å². The highest BCUT2D eigenvalue weighted by atomic mass is 16.1. The molecule has 1 saturated heterocycles. The predicted molar refractivity (Wildman–Crippen MR) is 106 cm³/mol. The molecule has 0 aliphatic carbocycles. The lowest BCUT2D eigenvalue weighted by molar-refractivity contribution is 0.102. The highest BCUT2D eigenvalue weighted by molar-refractivity contribution is 6.04. The van der Waals surface area contributed by atoms with Gasteiger partial charge >= 0.3 is 0 Å². The van der Waals surface area contributed by atoms with Gasteiger partial charge in [-0.15, -0.1) is 0 Å². The van der Waals surface area contributed by atoms with Crippen LogP contribution in [0, 0.1) is 6.92 Å². The number of nitrogens with zero attached hydrogens (tertiary/aromatic N) is 2. The van der Waals surface area contributed by atoms with Crippen LogP contribution in [-0.4, -0.2) is 33.1 Å². The minimum absolute atomic E-state index is 0.0703. The van der Waals surface area contributed by atoms with Crippen LogP contribution in [0.2, 0.25) is 0 Å². The van der Waals surface area contributed by atoms with Crippen LogP contribution in [0.5, 0.6) is 0 Å². The topological polar surface area (TPSA) is 35.6 Å². The summed E-state index contributed by atoms with van der Waals surface area (Å²) in [5.41, 5.74) is 4.98. The van der Waals surface area contributed by atoms with Gasteiger partial charge in [-0.25, -0.2) is 0 Å². The first-order valence-electron chi connectivity index (χ1n) is 8.99. The number of carbonyl (C=O) groups excluding carboxylic acids is 1. The molecule has 2 aromatic carbocycles. The zero-order valence-electron chi connectivity index (χ0n) is 15.4. The first-order valence-corrected chi connectivity index (χ1v) is 8.99. The highest BCUT2D eigenvalue weighted by Crippen LogP contribution is 2.23. The zero-order chi connectivity index (χ0) is 17.8. The van der Waals surface area contributed by atoms with E-state index in [-0.39, 0.29) is 5.91 Å². The second-order valence-electron chi connectivity index (χ2n) is 6.94. The highest BCUT2D eigenvalue weighted by Gasteiger charge is 2.12. The number of rotatable bonds is 4. The number of benzene rings is 2. The molecule has 2 aromatic rings. The Morgan fingerprint density at radius 1 is 1.00 bits per heavy atom. The average molecular weight is 337 g/mol. The van der Waals surface area contributed by atoms with Crippen LogP contribution in [-0.2, 0) is 0 Å². The normalized spacial score (nSPS) is 14.3. The van der Waals surface area contributed by atoms with Gasteiger partial charge in [0.05, 0.1) is 0 Å². The molecule has 4 nitrogen and oxygen atoms in total. The molecule has 1 fully saturated rings. The number of aryl methyl sites for hydroxylation is 1. The largest absolute Gasteiger partial charge is 0.377 e. The Kier molecular flexibility index (Phi) is 5.27. The van der Waals surface area contributed by atoms with Crippen LogP contribution in [0.25, 0.3) is 0 Å². The zero-order valence-corrected chi connectivity index (χ0v) is 15.4. The second kappa shape index (κ2) is 7.60. The third-order valence-electron chi connectivity index (χ3n) is 4.79. The Hall–Kier alpha value is -2.49. The summed E-state index contributed by atoms with van der Waals surface area (Å²) in [6.45, 7) is 4.28. The fourth-order valence-corrected chi connectivity index (χ4v) is 3.41. The van der Waals surface area contributed by atoms with Crippen molar-refractivity contribution in [3.63, 3.8) is 0 Å². The van der Waals surface area contributed by atoms with Gasteiger partial charge in [0.2, 0.25) is 0 Å². The molecule has 0 saturated carbocycles. The minimum atomic E-state index is -0.0703. The standard InChI is InChI=1S/C21H27N3O/c1-16-15-17(7-12-20(16)23(2)3)21(25)22-18-8-10-19(11-9-18)24-13-5-4-6-14-24/h7-12,15H,4-6,13-14H2,1-3H3,(H,22,25). The van der Waals surface area contributed by atoms with Crippen molar-refractivity contribution in [2.24, 2.45) is 0 Å². The van der Waals surface area contributed by atoms with Crippen LogP contribution in [0.15, 0.2) is 42.5 Å². The number of hydrogen-bond donors (Lipinski definition) is 1. The van der Waals surface area contributed by atoms with Crippen molar-refractivity contribution in [3.8, 4) is 0 Å². The van der Waals surface area contributed by atoms with E-state index in [0.29, 0.717) is 5.56 Å². The first kappa shape index (κ1) is 17.3. The molecule has 0 spiro atoms. The lowest BCUT2D eigenvalue weighted by Crippen LogP contribution is -2.29. The van der Waals surface area contributed by atoms with Crippen molar-refractivity contribution in [2.75, 3.05) is 42.3 Å². The molecule has 132 valence electrons. The van der Waals surface area contributed by atoms with Crippen molar-refractivity contribution in [1.82, 2.24) is 0 Å². The SMILES string of the molecule is Cc1cc(C(=O)Nc2ccc(N3CCCCC3)cc2)ccc1N(C)C. The van der Waals surface area contributed by atoms with Gasteiger partial charge < -0.3 is 15.1 Å². The van der Waals surface area contributed by atoms with Crippen LogP contribution in [0.1, 0.15) is 35.2 Å². The molecule has 3 rings (SSSR count). The van der Waals surface area contributed by atoms with E-state index in [2.05, 4.69) is 27.2 Å². The summed E-state index contributed by atoms with van der Waals surface area (Å²) in [6, 6.07) is 14.0. The van der Waals surface area contributed by atoms with E-state index in [9.17, 15) is 4.79 Å². The van der Waals surface area contributed by atoms with Crippen LogP contribution in [0.4, 0.5) is 17.1 Å². The van der Waals surface area contributed by atoms with E-state index in [1.54, 1.807) is 0 Å². The van der Waals surface area contributed by atoms with Gasteiger partial charge in [0.1, 0.15) is 0 Å². The maximum absolute atomic E-state index is 12.5. The fourth-order valence-electron chi connectivity index (χ4n) is 3.41. The summed E-state index contributed by atoms with van der Waals surface area (Å²) in [7, 11) is 4.01. The number of anilines is 3. The number of amides is 1. The van der Waals surface area contributed by atoms with E-state index in [1.807, 2.05) is 51.4 Å². The summed E-state index contributed by atoms with van der Waals surface area (Å²) in [5, 5.41) is 2.99. The summed E-state index contributed by atoms with van der Waals surface area (Å²) < 4.78 is 0. The molecule has 1 aliphatic rings. The van der Waals surface area contributed by atoms with Crippen molar-refractivity contribution >= 4 is 23.0 Å². The number of nitrogens with one attached hydrogen (secondary N) is 1. The van der Waals surface area contributed by atoms with E-state index >= 15 is 0 Å². The Morgan fingerprint density at radius 3 is 2.28 bits per heavy atom. The van der Waals surface area contributed by atoms with Gasteiger partial charge in [-0.3, -0.25) is 4.79 Å². The van der Waals surface area contributed by atoms with Crippen LogP contribution < -0.4 is 15.1 Å². The third kappa shape index (κ3) is 4.13. The molecular formula is C21H27N3O. The molecule has 0 atom stereocenters. The molecule has 4 heteroatoms. The Morgan fingerprint density at radius 2 is 1.68 bits per heavy atom. The summed E-state index contributed by atoms with van der Waals surface area (Å²) >= 11 is 0. The molecule has 1 heterocycles. The van der Waals surface area contributed by atoms with Crippen LogP contribution >= 0.6 is 0 Å². The predicted octanol–water partition coefficient (Wildman–Crippen LogP) is 4.30. The monoisotopic (exact) mass is 337 g/mol. The number of carbonyl (C=O) groups is 1. The Balaban J connectivity index is 1.67. The molecule has 0 aromatic heterocycles. The lowest BCUT2D eigenvalue weighted by Gasteiger charge is -2.28. The van der Waals surface area contributed by atoms with E-state index in [0.717, 1.165) is 30.0 Å². The molecule has 1 amide bonds. The second-order valence-corrected chi connectivity index (χ2v) is 6.94. The van der Waals surface area contributed by atoms with Crippen molar-refractivity contribution in [2.45, 2.75) is 26.2 Å². The Labute approximate surface area is 150 Å². The smallest absolute Gasteiger partial charge is 0.255 e. The van der Waals surface area contributed by atoms with Crippen molar-refractivity contribution in [1.29, 1.82) is 0 Å². The maximum Gasteiger partial charge on any atom is 0.255 e. The molecule has 1 aliphatic heterocycles. The minimum Gasteiger partial charge on any atom is -0.377 e. The summed E-state index contributed by atoms with van der Waals surface area (Å²) in [6.07, 6.45) is 3.86. The van der Waals surface area contributed by atoms with Gasteiger partial charge in [-0.2, -0.15) is 0 Å². The molecule has 1 N–H and O–H groups in total. The fraction of sp³-hybridized carbons (Fsp3) is 0.381. The molecule has 0 unspecified atom stereocenters. The number of hydrogen-bond acceptors (Lipinski definition) is 3. The molecular weight excluding hydrogens is 310 g/mol. The third-order valence-corrected chi connectivity index (χ3v) is 4.79. The molecule has 0 radical (unpaired) electrons. The number of piperidine rings is 1. The van der Waals surface area contributed by atoms with Gasteiger partial charge in [0, 0.05) is 49.8 Å². The van der Waals surface area contributed by atoms with Crippen molar-refractivity contribution in [3.05, 3.63) is 53.6 Å². The summed E-state index contributed by atoms with van der Waals surface area (Å²) in [5.74, 6) is -0.0703. The van der Waals surface area contributed by atoms with Gasteiger partial charge in [-0.1, -0.05) is 0 Å². The maximum atomic E-state index is 12.5.